The van der Waals surface area contributed by atoms with Crippen molar-refractivity contribution < 1.29 is 0 Å². The summed E-state index contributed by atoms with van der Waals surface area (Å²) in [5, 5.41) is 6.48. The first-order valence-electron chi connectivity index (χ1n) is 3.04. The highest BCUT2D eigenvalue weighted by Crippen LogP contribution is 1.67. The van der Waals surface area contributed by atoms with Crippen LogP contribution < -0.4 is 10.6 Å². The molecule has 2 N–H and O–H groups in total. The Balaban J connectivity index is 0. The van der Waals surface area contributed by atoms with Gasteiger partial charge >= 0.3 is 0 Å². The molecule has 0 aliphatic heterocycles. The van der Waals surface area contributed by atoms with Gasteiger partial charge in [-0.15, -0.1) is 37.1 Å². The number of thiocarbonyl (C=S) groups is 1. The molecule has 0 atom stereocenters. The van der Waals surface area contributed by atoms with Gasteiger partial charge in [-0.25, -0.2) is 0 Å². The second kappa shape index (κ2) is 9.90. The Kier molecular flexibility index (Phi) is 12.1. The smallest absolute Gasteiger partial charge is 0.166 e. The van der Waals surface area contributed by atoms with Crippen LogP contribution in [0.2, 0.25) is 0 Å². The predicted octanol–water partition coefficient (Wildman–Crippen LogP) is 1.44. The average Bonchev–Trinajstić information content (AvgIpc) is 1.97. The van der Waals surface area contributed by atoms with Crippen LogP contribution in [0.1, 0.15) is 0 Å². The Hall–Kier alpha value is -0.100. The maximum Gasteiger partial charge on any atom is 0.166 e. The van der Waals surface area contributed by atoms with Crippen molar-refractivity contribution in [3.05, 3.63) is 25.3 Å². The fraction of sp³-hybridized carbons (Fsp3) is 0.286. The summed E-state index contributed by atoms with van der Waals surface area (Å²) in [5.41, 5.74) is 0. The average molecular weight is 284 g/mol. The molecule has 0 heterocycles. The first-order chi connectivity index (χ1) is 4.81. The molecular weight excluding hydrogens is 271 g/mol. The maximum atomic E-state index is 4.87. The summed E-state index contributed by atoms with van der Waals surface area (Å²) in [4.78, 5) is 0. The lowest BCUT2D eigenvalue weighted by molar-refractivity contribution is 0.949. The van der Waals surface area contributed by atoms with Crippen molar-refractivity contribution in [3.63, 3.8) is 0 Å². The third-order valence-electron chi connectivity index (χ3n) is 0.814. The van der Waals surface area contributed by atoms with Crippen LogP contribution in [0.5, 0.6) is 0 Å². The van der Waals surface area contributed by atoms with Crippen LogP contribution in [0.25, 0.3) is 0 Å². The zero-order valence-electron chi connectivity index (χ0n) is 6.30. The normalized spacial score (nSPS) is 7.27. The number of hydrogen-bond acceptors (Lipinski definition) is 1. The van der Waals surface area contributed by atoms with Gasteiger partial charge in [0.1, 0.15) is 0 Å². The predicted molar refractivity (Wildman–Crippen MR) is 64.4 cm³/mol. The van der Waals surface area contributed by atoms with Crippen molar-refractivity contribution >= 4 is 41.3 Å². The summed E-state index contributed by atoms with van der Waals surface area (Å²) in [6.45, 7) is 8.48. The molecule has 0 bridgehead atoms. The molecule has 0 aliphatic rings. The molecule has 0 fully saturated rings. The van der Waals surface area contributed by atoms with E-state index in [2.05, 4.69) is 23.8 Å². The zero-order chi connectivity index (χ0) is 7.82. The van der Waals surface area contributed by atoms with Gasteiger partial charge in [0.2, 0.25) is 0 Å². The summed E-state index contributed by atoms with van der Waals surface area (Å²) < 4.78 is 0. The van der Waals surface area contributed by atoms with E-state index in [9.17, 15) is 0 Å². The van der Waals surface area contributed by atoms with Crippen LogP contribution in [0, 0.1) is 0 Å². The third kappa shape index (κ3) is 9.90. The molecule has 0 aromatic carbocycles. The maximum absolute atomic E-state index is 4.87. The minimum absolute atomic E-state index is 0. The van der Waals surface area contributed by atoms with Crippen LogP contribution in [0.15, 0.2) is 25.3 Å². The molecule has 0 unspecified atom stereocenters. The van der Waals surface area contributed by atoms with E-state index in [0.29, 0.717) is 18.2 Å². The summed E-state index contributed by atoms with van der Waals surface area (Å²) in [7, 11) is 0. The molecule has 0 aliphatic carbocycles. The lowest BCUT2D eigenvalue weighted by Gasteiger charge is -2.04. The highest BCUT2D eigenvalue weighted by molar-refractivity contribution is 14.0. The monoisotopic (exact) mass is 284 g/mol. The molecule has 0 aromatic rings. The van der Waals surface area contributed by atoms with E-state index in [1.54, 1.807) is 12.2 Å². The Labute approximate surface area is 90.2 Å². The molecule has 11 heavy (non-hydrogen) atoms. The number of hydrogen-bond donors (Lipinski definition) is 2. The van der Waals surface area contributed by atoms with E-state index in [0.717, 1.165) is 0 Å². The van der Waals surface area contributed by atoms with Gasteiger partial charge in [0.25, 0.3) is 0 Å². The van der Waals surface area contributed by atoms with Crippen molar-refractivity contribution in [2.24, 2.45) is 0 Å². The lowest BCUT2D eigenvalue weighted by atomic mass is 10.6. The van der Waals surface area contributed by atoms with E-state index in [1.165, 1.54) is 0 Å². The lowest BCUT2D eigenvalue weighted by Crippen LogP contribution is -2.35. The van der Waals surface area contributed by atoms with Gasteiger partial charge in [-0.2, -0.15) is 0 Å². The molecular formula is C7H13IN2S. The van der Waals surface area contributed by atoms with Crippen LogP contribution in [-0.4, -0.2) is 18.2 Å². The number of halogens is 1. The van der Waals surface area contributed by atoms with Crippen LogP contribution in [0.4, 0.5) is 0 Å². The Morgan fingerprint density at radius 3 is 1.82 bits per heavy atom. The molecule has 0 rings (SSSR count). The van der Waals surface area contributed by atoms with Crippen molar-refractivity contribution in [3.8, 4) is 0 Å². The number of nitrogens with one attached hydrogen (secondary N) is 2. The summed E-state index contributed by atoms with van der Waals surface area (Å²) in [5.74, 6) is 0. The number of rotatable bonds is 4. The van der Waals surface area contributed by atoms with Gasteiger partial charge in [0, 0.05) is 13.1 Å². The van der Waals surface area contributed by atoms with E-state index in [4.69, 9.17) is 12.2 Å². The van der Waals surface area contributed by atoms with E-state index >= 15 is 0 Å². The largest absolute Gasteiger partial charge is 0.359 e. The minimum atomic E-state index is 0. The third-order valence-corrected chi connectivity index (χ3v) is 1.10. The zero-order valence-corrected chi connectivity index (χ0v) is 9.45. The van der Waals surface area contributed by atoms with E-state index < -0.39 is 0 Å². The van der Waals surface area contributed by atoms with Crippen LogP contribution in [-0.2, 0) is 0 Å². The molecule has 0 saturated carbocycles. The highest BCUT2D eigenvalue weighted by Gasteiger charge is 1.86. The molecule has 0 radical (unpaired) electrons. The standard InChI is InChI=1S/C7H12N2S.HI/c1-3-5-8-7(10)9-6-4-2;/h3-4H,1-2,5-6H2,(H2,8,9,10);1H. The molecule has 0 saturated heterocycles. The van der Waals surface area contributed by atoms with Crippen LogP contribution in [0.3, 0.4) is 0 Å². The molecule has 0 aromatic heterocycles. The van der Waals surface area contributed by atoms with Gasteiger partial charge in [-0.05, 0) is 12.2 Å². The summed E-state index contributed by atoms with van der Waals surface area (Å²) in [6, 6.07) is 0. The molecule has 0 spiro atoms. The Morgan fingerprint density at radius 1 is 1.18 bits per heavy atom. The fourth-order valence-electron chi connectivity index (χ4n) is 0.392. The van der Waals surface area contributed by atoms with Crippen LogP contribution >= 0.6 is 36.2 Å². The van der Waals surface area contributed by atoms with Gasteiger partial charge in [-0.3, -0.25) is 0 Å². The summed E-state index contributed by atoms with van der Waals surface area (Å²) in [6.07, 6.45) is 3.50. The summed E-state index contributed by atoms with van der Waals surface area (Å²) >= 11 is 4.87. The minimum Gasteiger partial charge on any atom is -0.359 e. The van der Waals surface area contributed by atoms with E-state index in [1.807, 2.05) is 0 Å². The van der Waals surface area contributed by atoms with Gasteiger partial charge in [0.15, 0.2) is 5.11 Å². The van der Waals surface area contributed by atoms with Crippen molar-refractivity contribution in [2.45, 2.75) is 0 Å². The molecule has 0 amide bonds. The second-order valence-corrected chi connectivity index (χ2v) is 2.08. The first-order valence-corrected chi connectivity index (χ1v) is 3.45. The Morgan fingerprint density at radius 2 is 1.55 bits per heavy atom. The molecule has 64 valence electrons. The quantitative estimate of drug-likeness (QED) is 0.464. The van der Waals surface area contributed by atoms with Gasteiger partial charge in [-0.1, -0.05) is 12.2 Å². The SMILES string of the molecule is C=CCNC(=S)NCC=C.I. The fourth-order valence-corrected chi connectivity index (χ4v) is 0.559. The van der Waals surface area contributed by atoms with Gasteiger partial charge < -0.3 is 10.6 Å². The van der Waals surface area contributed by atoms with Crippen molar-refractivity contribution in [2.75, 3.05) is 13.1 Å². The highest BCUT2D eigenvalue weighted by atomic mass is 127. The first kappa shape index (κ1) is 13.5. The molecule has 2 nitrogen and oxygen atoms in total. The van der Waals surface area contributed by atoms with E-state index in [-0.39, 0.29) is 24.0 Å². The van der Waals surface area contributed by atoms with Gasteiger partial charge in [0.05, 0.1) is 0 Å². The molecule has 4 heteroatoms. The topological polar surface area (TPSA) is 24.1 Å². The Bertz CT molecular complexity index is 122. The van der Waals surface area contributed by atoms with Crippen molar-refractivity contribution in [1.82, 2.24) is 10.6 Å². The van der Waals surface area contributed by atoms with Crippen molar-refractivity contribution in [1.29, 1.82) is 0 Å². The second-order valence-electron chi connectivity index (χ2n) is 1.67.